The average Bonchev–Trinajstić information content (AvgIpc) is 2.91. The Morgan fingerprint density at radius 3 is 2.05 bits per heavy atom. The second-order valence-corrected chi connectivity index (χ2v) is 4.96. The number of rotatable bonds is 3. The molecule has 0 bridgehead atoms. The zero-order valence-corrected chi connectivity index (χ0v) is 12.5. The van der Waals surface area contributed by atoms with Crippen LogP contribution in [0, 0.1) is 0 Å². The van der Waals surface area contributed by atoms with Crippen molar-refractivity contribution in [3.63, 3.8) is 0 Å². The number of oxazole rings is 1. The van der Waals surface area contributed by atoms with Gasteiger partial charge in [0, 0.05) is 33.8 Å². The molecular weight excluding hydrogens is 270 g/mol. The highest BCUT2D eigenvalue weighted by Crippen LogP contribution is 2.23. The first-order valence-corrected chi connectivity index (χ1v) is 6.41. The Labute approximate surface area is 123 Å². The average molecular weight is 287 g/mol. The standard InChI is InChI=1S/C15H17N3O3/c1-17(2)14(19)11-12(15(20)18(3)4)21-13(16-11)10-8-6-5-7-9-10/h5-9H,1-4H3. The van der Waals surface area contributed by atoms with Crippen LogP contribution in [0.25, 0.3) is 11.5 Å². The third kappa shape index (κ3) is 2.94. The number of carbonyl (C=O) groups is 2. The molecule has 0 fully saturated rings. The smallest absolute Gasteiger partial charge is 0.291 e. The molecule has 0 aliphatic carbocycles. The van der Waals surface area contributed by atoms with Gasteiger partial charge in [0.25, 0.3) is 11.8 Å². The first-order chi connectivity index (χ1) is 9.91. The first kappa shape index (κ1) is 14.8. The van der Waals surface area contributed by atoms with Gasteiger partial charge >= 0.3 is 0 Å². The van der Waals surface area contributed by atoms with Crippen LogP contribution in [0.3, 0.4) is 0 Å². The van der Waals surface area contributed by atoms with Crippen LogP contribution in [0.4, 0.5) is 0 Å². The molecule has 6 heteroatoms. The predicted molar refractivity (Wildman–Crippen MR) is 78.0 cm³/mol. The number of amides is 2. The number of carbonyl (C=O) groups excluding carboxylic acids is 2. The van der Waals surface area contributed by atoms with E-state index < -0.39 is 5.91 Å². The molecule has 0 aliphatic heterocycles. The summed E-state index contributed by atoms with van der Waals surface area (Å²) in [6.07, 6.45) is 0. The van der Waals surface area contributed by atoms with E-state index in [2.05, 4.69) is 4.98 Å². The number of benzene rings is 1. The molecule has 0 spiro atoms. The van der Waals surface area contributed by atoms with Gasteiger partial charge in [0.2, 0.25) is 11.7 Å². The fraction of sp³-hybridized carbons (Fsp3) is 0.267. The van der Waals surface area contributed by atoms with Crippen LogP contribution < -0.4 is 0 Å². The molecule has 1 aromatic carbocycles. The Balaban J connectivity index is 2.55. The van der Waals surface area contributed by atoms with Crippen molar-refractivity contribution in [1.29, 1.82) is 0 Å². The molecule has 0 atom stereocenters. The van der Waals surface area contributed by atoms with Gasteiger partial charge in [-0.1, -0.05) is 18.2 Å². The summed E-state index contributed by atoms with van der Waals surface area (Å²) in [6.45, 7) is 0. The van der Waals surface area contributed by atoms with Gasteiger partial charge in [-0.05, 0) is 12.1 Å². The van der Waals surface area contributed by atoms with Gasteiger partial charge in [0.15, 0.2) is 5.69 Å². The maximum absolute atomic E-state index is 12.2. The lowest BCUT2D eigenvalue weighted by molar-refractivity contribution is 0.0766. The molecule has 2 rings (SSSR count). The summed E-state index contributed by atoms with van der Waals surface area (Å²) in [5.74, 6) is -0.551. The van der Waals surface area contributed by atoms with Crippen LogP contribution in [0.1, 0.15) is 21.0 Å². The van der Waals surface area contributed by atoms with E-state index in [0.29, 0.717) is 5.56 Å². The number of nitrogens with zero attached hydrogens (tertiary/aromatic N) is 3. The second kappa shape index (κ2) is 5.78. The third-order valence-corrected chi connectivity index (χ3v) is 2.86. The Morgan fingerprint density at radius 1 is 0.952 bits per heavy atom. The zero-order chi connectivity index (χ0) is 15.6. The van der Waals surface area contributed by atoms with Crippen LogP contribution in [0.2, 0.25) is 0 Å². The van der Waals surface area contributed by atoms with Crippen LogP contribution in [0.15, 0.2) is 34.7 Å². The topological polar surface area (TPSA) is 66.7 Å². The lowest BCUT2D eigenvalue weighted by atomic mass is 10.2. The summed E-state index contributed by atoms with van der Waals surface area (Å²) in [6, 6.07) is 9.14. The zero-order valence-electron chi connectivity index (χ0n) is 12.5. The van der Waals surface area contributed by atoms with E-state index in [0.717, 1.165) is 0 Å². The molecule has 1 aromatic heterocycles. The maximum Gasteiger partial charge on any atom is 0.291 e. The lowest BCUT2D eigenvalue weighted by Gasteiger charge is -2.10. The Bertz CT molecular complexity index is 623. The highest BCUT2D eigenvalue weighted by Gasteiger charge is 2.27. The number of hydrogen-bond acceptors (Lipinski definition) is 4. The molecule has 6 nitrogen and oxygen atoms in total. The SMILES string of the molecule is CN(C)C(=O)c1nc(-c2ccccc2)oc1C(=O)N(C)C. The summed E-state index contributed by atoms with van der Waals surface area (Å²) in [4.78, 5) is 31.2. The van der Waals surface area contributed by atoms with Crippen LogP contribution in [-0.4, -0.2) is 54.8 Å². The molecule has 21 heavy (non-hydrogen) atoms. The van der Waals surface area contributed by atoms with Gasteiger partial charge in [-0.3, -0.25) is 9.59 Å². The molecule has 0 radical (unpaired) electrons. The van der Waals surface area contributed by atoms with Crippen molar-refractivity contribution in [1.82, 2.24) is 14.8 Å². The minimum atomic E-state index is -0.394. The molecule has 1 heterocycles. The van der Waals surface area contributed by atoms with Crippen molar-refractivity contribution in [3.8, 4) is 11.5 Å². The van der Waals surface area contributed by atoms with E-state index in [1.165, 1.54) is 9.80 Å². The van der Waals surface area contributed by atoms with E-state index in [9.17, 15) is 9.59 Å². The van der Waals surface area contributed by atoms with Crippen molar-refractivity contribution >= 4 is 11.8 Å². The fourth-order valence-corrected chi connectivity index (χ4v) is 1.73. The molecule has 0 unspecified atom stereocenters. The minimum absolute atomic E-state index is 0.0255. The van der Waals surface area contributed by atoms with Gasteiger partial charge < -0.3 is 14.2 Å². The first-order valence-electron chi connectivity index (χ1n) is 6.41. The summed E-state index contributed by atoms with van der Waals surface area (Å²) < 4.78 is 5.55. The fourth-order valence-electron chi connectivity index (χ4n) is 1.73. The van der Waals surface area contributed by atoms with Crippen molar-refractivity contribution in [2.45, 2.75) is 0 Å². The van der Waals surface area contributed by atoms with Gasteiger partial charge in [0.05, 0.1) is 0 Å². The summed E-state index contributed by atoms with van der Waals surface area (Å²) in [5, 5.41) is 0. The van der Waals surface area contributed by atoms with Crippen molar-refractivity contribution in [2.75, 3.05) is 28.2 Å². The number of aromatic nitrogens is 1. The van der Waals surface area contributed by atoms with Crippen LogP contribution in [0.5, 0.6) is 0 Å². The Hall–Kier alpha value is -2.63. The molecule has 2 aromatic rings. The highest BCUT2D eigenvalue weighted by atomic mass is 16.4. The molecule has 0 saturated heterocycles. The van der Waals surface area contributed by atoms with E-state index in [1.807, 2.05) is 18.2 Å². The number of hydrogen-bond donors (Lipinski definition) is 0. The van der Waals surface area contributed by atoms with Crippen molar-refractivity contribution in [2.24, 2.45) is 0 Å². The normalized spacial score (nSPS) is 10.3. The Kier molecular flexibility index (Phi) is 4.07. The van der Waals surface area contributed by atoms with Crippen molar-refractivity contribution in [3.05, 3.63) is 41.8 Å². The minimum Gasteiger partial charge on any atom is -0.430 e. The molecular formula is C15H17N3O3. The molecule has 110 valence electrons. The summed E-state index contributed by atoms with van der Waals surface area (Å²) in [5.41, 5.74) is 0.737. The van der Waals surface area contributed by atoms with Crippen LogP contribution in [-0.2, 0) is 0 Å². The monoisotopic (exact) mass is 287 g/mol. The molecule has 0 aliphatic rings. The summed E-state index contributed by atoms with van der Waals surface area (Å²) >= 11 is 0. The van der Waals surface area contributed by atoms with E-state index in [4.69, 9.17) is 4.42 Å². The van der Waals surface area contributed by atoms with Crippen molar-refractivity contribution < 1.29 is 14.0 Å². The second-order valence-electron chi connectivity index (χ2n) is 4.96. The lowest BCUT2D eigenvalue weighted by Crippen LogP contribution is -2.27. The largest absolute Gasteiger partial charge is 0.430 e. The Morgan fingerprint density at radius 2 is 1.52 bits per heavy atom. The maximum atomic E-state index is 12.2. The molecule has 0 N–H and O–H groups in total. The molecule has 2 amide bonds. The summed E-state index contributed by atoms with van der Waals surface area (Å²) in [7, 11) is 6.39. The van der Waals surface area contributed by atoms with Gasteiger partial charge in [-0.15, -0.1) is 0 Å². The third-order valence-electron chi connectivity index (χ3n) is 2.86. The van der Waals surface area contributed by atoms with Gasteiger partial charge in [0.1, 0.15) is 0 Å². The van der Waals surface area contributed by atoms with Crippen LogP contribution >= 0.6 is 0 Å². The van der Waals surface area contributed by atoms with E-state index in [-0.39, 0.29) is 23.3 Å². The van der Waals surface area contributed by atoms with Gasteiger partial charge in [-0.25, -0.2) is 4.98 Å². The predicted octanol–water partition coefficient (Wildman–Crippen LogP) is 1.75. The van der Waals surface area contributed by atoms with E-state index >= 15 is 0 Å². The van der Waals surface area contributed by atoms with E-state index in [1.54, 1.807) is 40.3 Å². The highest BCUT2D eigenvalue weighted by molar-refractivity contribution is 6.04. The van der Waals surface area contributed by atoms with Gasteiger partial charge in [-0.2, -0.15) is 0 Å². The molecule has 0 saturated carbocycles. The quantitative estimate of drug-likeness (QED) is 0.862.